The molecule has 1 aromatic carbocycles. The molecular weight excluding hydrogens is 220 g/mol. The molecule has 0 aromatic heterocycles. The van der Waals surface area contributed by atoms with Crippen LogP contribution in [0.3, 0.4) is 0 Å². The highest BCUT2D eigenvalue weighted by Gasteiger charge is 2.17. The van der Waals surface area contributed by atoms with Gasteiger partial charge in [-0.05, 0) is 25.1 Å². The summed E-state index contributed by atoms with van der Waals surface area (Å²) >= 11 is 0. The van der Waals surface area contributed by atoms with Crippen LogP contribution in [0.25, 0.3) is 0 Å². The Hall–Kier alpha value is -1.75. The third-order valence-corrected chi connectivity index (χ3v) is 2.72. The van der Waals surface area contributed by atoms with Gasteiger partial charge >= 0.3 is 0 Å². The summed E-state index contributed by atoms with van der Waals surface area (Å²) in [5, 5.41) is 9.00. The Morgan fingerprint density at radius 3 is 2.71 bits per heavy atom. The third-order valence-electron chi connectivity index (χ3n) is 2.72. The number of carbonyl (C=O) groups is 1. The van der Waals surface area contributed by atoms with Gasteiger partial charge in [0.25, 0.3) is 5.91 Å². The Bertz CT molecular complexity index is 407. The van der Waals surface area contributed by atoms with Crippen LogP contribution in [0, 0.1) is 0 Å². The van der Waals surface area contributed by atoms with Crippen LogP contribution in [0.2, 0.25) is 0 Å². The second kappa shape index (κ2) is 5.54. The summed E-state index contributed by atoms with van der Waals surface area (Å²) in [4.78, 5) is 13.5. The third kappa shape index (κ3) is 2.88. The van der Waals surface area contributed by atoms with Crippen molar-refractivity contribution in [3.8, 4) is 5.75 Å². The average Bonchev–Trinajstić information content (AvgIpc) is 2.35. The molecule has 0 aliphatic heterocycles. The van der Waals surface area contributed by atoms with Crippen molar-refractivity contribution < 1.29 is 14.6 Å². The van der Waals surface area contributed by atoms with E-state index < -0.39 is 0 Å². The minimum Gasteiger partial charge on any atom is -0.495 e. The van der Waals surface area contributed by atoms with Gasteiger partial charge in [-0.15, -0.1) is 0 Å². The van der Waals surface area contributed by atoms with Crippen molar-refractivity contribution in [1.29, 1.82) is 0 Å². The van der Waals surface area contributed by atoms with E-state index in [0.717, 1.165) is 0 Å². The number of nitrogen functional groups attached to an aromatic ring is 1. The highest BCUT2D eigenvalue weighted by atomic mass is 16.5. The molecule has 1 rings (SSSR count). The molecule has 0 aliphatic rings. The van der Waals surface area contributed by atoms with Crippen LogP contribution in [0.1, 0.15) is 17.3 Å². The molecule has 0 saturated carbocycles. The first-order chi connectivity index (χ1) is 8.01. The number of likely N-dealkylation sites (N-methyl/N-ethyl adjacent to an activating group) is 1. The standard InChI is InChI=1S/C12H18N2O3/c1-8(7-15)14(2)12(16)9-4-5-11(17-3)10(13)6-9/h4-6,8,15H,7,13H2,1-3H3. The van der Waals surface area contributed by atoms with Crippen LogP contribution in [0.15, 0.2) is 18.2 Å². The predicted octanol–water partition coefficient (Wildman–Crippen LogP) is 0.730. The van der Waals surface area contributed by atoms with Crippen molar-refractivity contribution in [2.75, 3.05) is 26.5 Å². The van der Waals surface area contributed by atoms with Crippen molar-refractivity contribution >= 4 is 11.6 Å². The van der Waals surface area contributed by atoms with Crippen molar-refractivity contribution in [1.82, 2.24) is 4.90 Å². The number of aliphatic hydroxyl groups is 1. The number of hydrogen-bond acceptors (Lipinski definition) is 4. The second-order valence-corrected chi connectivity index (χ2v) is 3.90. The summed E-state index contributed by atoms with van der Waals surface area (Å²) in [7, 11) is 3.16. The van der Waals surface area contributed by atoms with Gasteiger partial charge in [0.2, 0.25) is 0 Å². The van der Waals surface area contributed by atoms with E-state index in [1.807, 2.05) is 0 Å². The van der Waals surface area contributed by atoms with Gasteiger partial charge in [-0.25, -0.2) is 0 Å². The average molecular weight is 238 g/mol. The Labute approximate surface area is 101 Å². The van der Waals surface area contributed by atoms with E-state index >= 15 is 0 Å². The number of anilines is 1. The predicted molar refractivity (Wildman–Crippen MR) is 66.0 cm³/mol. The summed E-state index contributed by atoms with van der Waals surface area (Å²) < 4.78 is 5.02. The molecule has 0 radical (unpaired) electrons. The first-order valence-corrected chi connectivity index (χ1v) is 5.32. The number of hydrogen-bond donors (Lipinski definition) is 2. The Balaban J connectivity index is 2.93. The molecule has 0 heterocycles. The van der Waals surface area contributed by atoms with E-state index in [4.69, 9.17) is 15.6 Å². The van der Waals surface area contributed by atoms with Gasteiger partial charge in [-0.1, -0.05) is 0 Å². The Kier molecular flexibility index (Phi) is 4.34. The lowest BCUT2D eigenvalue weighted by molar-refractivity contribution is 0.0682. The van der Waals surface area contributed by atoms with Crippen molar-refractivity contribution in [3.63, 3.8) is 0 Å². The lowest BCUT2D eigenvalue weighted by Crippen LogP contribution is -2.37. The summed E-state index contributed by atoms with van der Waals surface area (Å²) in [6, 6.07) is 4.64. The van der Waals surface area contributed by atoms with Gasteiger partial charge in [0.05, 0.1) is 25.4 Å². The maximum absolute atomic E-state index is 12.0. The lowest BCUT2D eigenvalue weighted by Gasteiger charge is -2.23. The van der Waals surface area contributed by atoms with Crippen molar-refractivity contribution in [2.24, 2.45) is 0 Å². The maximum atomic E-state index is 12.0. The van der Waals surface area contributed by atoms with Crippen LogP contribution in [-0.4, -0.2) is 42.7 Å². The first kappa shape index (κ1) is 13.3. The minimum absolute atomic E-state index is 0.0755. The van der Waals surface area contributed by atoms with E-state index in [2.05, 4.69) is 0 Å². The highest BCUT2D eigenvalue weighted by Crippen LogP contribution is 2.22. The van der Waals surface area contributed by atoms with Gasteiger partial charge in [-0.2, -0.15) is 0 Å². The van der Waals surface area contributed by atoms with E-state index in [1.54, 1.807) is 32.2 Å². The molecule has 5 nitrogen and oxygen atoms in total. The maximum Gasteiger partial charge on any atom is 0.253 e. The molecule has 17 heavy (non-hydrogen) atoms. The number of nitrogens with zero attached hydrogens (tertiary/aromatic N) is 1. The fraction of sp³-hybridized carbons (Fsp3) is 0.417. The molecular formula is C12H18N2O3. The molecule has 94 valence electrons. The topological polar surface area (TPSA) is 75.8 Å². The summed E-state index contributed by atoms with van der Waals surface area (Å²) in [5.41, 5.74) is 6.63. The smallest absolute Gasteiger partial charge is 0.253 e. The zero-order valence-corrected chi connectivity index (χ0v) is 10.3. The molecule has 3 N–H and O–H groups in total. The van der Waals surface area contributed by atoms with Crippen LogP contribution >= 0.6 is 0 Å². The number of aliphatic hydroxyl groups excluding tert-OH is 1. The van der Waals surface area contributed by atoms with Crippen molar-refractivity contribution in [3.05, 3.63) is 23.8 Å². The number of carbonyl (C=O) groups excluding carboxylic acids is 1. The van der Waals surface area contributed by atoms with Crippen LogP contribution in [0.5, 0.6) is 5.75 Å². The molecule has 1 atom stereocenters. The summed E-state index contributed by atoms with van der Waals surface area (Å²) in [6.45, 7) is 1.69. The number of rotatable bonds is 4. The van der Waals surface area contributed by atoms with E-state index in [1.165, 1.54) is 12.0 Å². The summed E-state index contributed by atoms with van der Waals surface area (Å²) in [6.07, 6.45) is 0. The SMILES string of the molecule is COc1ccc(C(=O)N(C)C(C)CO)cc1N. The number of amides is 1. The van der Waals surface area contributed by atoms with Crippen LogP contribution in [-0.2, 0) is 0 Å². The zero-order valence-electron chi connectivity index (χ0n) is 10.3. The lowest BCUT2D eigenvalue weighted by atomic mass is 10.1. The molecule has 5 heteroatoms. The molecule has 0 fully saturated rings. The van der Waals surface area contributed by atoms with Gasteiger partial charge < -0.3 is 20.5 Å². The largest absolute Gasteiger partial charge is 0.495 e. The Morgan fingerprint density at radius 2 is 2.24 bits per heavy atom. The van der Waals surface area contributed by atoms with Crippen LogP contribution < -0.4 is 10.5 Å². The molecule has 1 unspecified atom stereocenters. The fourth-order valence-corrected chi connectivity index (χ4v) is 1.39. The van der Waals surface area contributed by atoms with Gasteiger partial charge in [-0.3, -0.25) is 4.79 Å². The molecule has 0 saturated heterocycles. The number of nitrogens with two attached hydrogens (primary N) is 1. The highest BCUT2D eigenvalue weighted by molar-refractivity contribution is 5.95. The molecule has 1 amide bonds. The molecule has 1 aromatic rings. The molecule has 0 aliphatic carbocycles. The number of benzene rings is 1. The van der Waals surface area contributed by atoms with Gasteiger partial charge in [0, 0.05) is 12.6 Å². The Morgan fingerprint density at radius 1 is 1.59 bits per heavy atom. The number of methoxy groups -OCH3 is 1. The van der Waals surface area contributed by atoms with E-state index in [-0.39, 0.29) is 18.6 Å². The van der Waals surface area contributed by atoms with E-state index in [9.17, 15) is 4.79 Å². The normalized spacial score (nSPS) is 12.0. The first-order valence-electron chi connectivity index (χ1n) is 5.32. The molecule has 0 spiro atoms. The van der Waals surface area contributed by atoms with E-state index in [0.29, 0.717) is 17.0 Å². The summed E-state index contributed by atoms with van der Waals surface area (Å²) in [5.74, 6) is 0.361. The second-order valence-electron chi connectivity index (χ2n) is 3.90. The van der Waals surface area contributed by atoms with Gasteiger partial charge in [0.15, 0.2) is 0 Å². The molecule has 0 bridgehead atoms. The zero-order chi connectivity index (χ0) is 13.0. The van der Waals surface area contributed by atoms with Crippen LogP contribution in [0.4, 0.5) is 5.69 Å². The minimum atomic E-state index is -0.231. The monoisotopic (exact) mass is 238 g/mol. The number of ether oxygens (including phenoxy) is 1. The van der Waals surface area contributed by atoms with Crippen molar-refractivity contribution in [2.45, 2.75) is 13.0 Å². The van der Waals surface area contributed by atoms with Gasteiger partial charge in [0.1, 0.15) is 5.75 Å². The fourth-order valence-electron chi connectivity index (χ4n) is 1.39. The quantitative estimate of drug-likeness (QED) is 0.758.